The molecular weight excluding hydrogens is 230 g/mol. The summed E-state index contributed by atoms with van der Waals surface area (Å²) in [6, 6.07) is 0. The first-order valence-corrected chi connectivity index (χ1v) is 7.11. The second-order valence-corrected chi connectivity index (χ2v) is 6.40. The summed E-state index contributed by atoms with van der Waals surface area (Å²) in [6.07, 6.45) is 6.21. The van der Waals surface area contributed by atoms with Crippen LogP contribution < -0.4 is 0 Å². The first-order valence-electron chi connectivity index (χ1n) is 7.11. The SMILES string of the molecule is O=C(O)CC1CN(C(=O)CC2CC3CCC2C3)C1. The lowest BCUT2D eigenvalue weighted by Crippen LogP contribution is -2.51. The summed E-state index contributed by atoms with van der Waals surface area (Å²) in [6.45, 7) is 1.32. The van der Waals surface area contributed by atoms with Gasteiger partial charge in [-0.15, -0.1) is 0 Å². The van der Waals surface area contributed by atoms with Gasteiger partial charge in [0.1, 0.15) is 0 Å². The van der Waals surface area contributed by atoms with Gasteiger partial charge < -0.3 is 10.0 Å². The molecule has 4 nitrogen and oxygen atoms in total. The number of carboxylic acid groups (broad SMARTS) is 1. The summed E-state index contributed by atoms with van der Waals surface area (Å²) in [7, 11) is 0. The largest absolute Gasteiger partial charge is 0.481 e. The molecule has 1 amide bonds. The number of amides is 1. The van der Waals surface area contributed by atoms with Gasteiger partial charge in [0.15, 0.2) is 0 Å². The molecule has 0 aromatic heterocycles. The Balaban J connectivity index is 1.42. The fourth-order valence-corrected chi connectivity index (χ4v) is 4.13. The van der Waals surface area contributed by atoms with Gasteiger partial charge in [0, 0.05) is 25.4 Å². The van der Waals surface area contributed by atoms with Gasteiger partial charge in [-0.2, -0.15) is 0 Å². The molecule has 2 bridgehead atoms. The molecule has 2 saturated carbocycles. The first kappa shape index (κ1) is 12.0. The molecule has 1 saturated heterocycles. The maximum atomic E-state index is 12.1. The Labute approximate surface area is 107 Å². The molecule has 0 aromatic rings. The zero-order valence-corrected chi connectivity index (χ0v) is 10.7. The highest BCUT2D eigenvalue weighted by Gasteiger charge is 2.41. The lowest BCUT2D eigenvalue weighted by atomic mass is 9.85. The number of likely N-dealkylation sites (tertiary alicyclic amines) is 1. The van der Waals surface area contributed by atoms with Gasteiger partial charge in [0.2, 0.25) is 5.91 Å². The molecular formula is C14H21NO3. The fraction of sp³-hybridized carbons (Fsp3) is 0.857. The third-order valence-electron chi connectivity index (χ3n) is 5.09. The van der Waals surface area contributed by atoms with E-state index in [9.17, 15) is 9.59 Å². The van der Waals surface area contributed by atoms with E-state index in [2.05, 4.69) is 0 Å². The van der Waals surface area contributed by atoms with Gasteiger partial charge in [0.05, 0.1) is 6.42 Å². The van der Waals surface area contributed by atoms with Crippen molar-refractivity contribution in [3.8, 4) is 0 Å². The monoisotopic (exact) mass is 251 g/mol. The number of carbonyl (C=O) groups excluding carboxylic acids is 1. The van der Waals surface area contributed by atoms with Gasteiger partial charge in [0.25, 0.3) is 0 Å². The van der Waals surface area contributed by atoms with E-state index < -0.39 is 5.97 Å². The van der Waals surface area contributed by atoms with Crippen LogP contribution in [0.15, 0.2) is 0 Å². The van der Waals surface area contributed by atoms with Crippen LogP contribution in [0.4, 0.5) is 0 Å². The van der Waals surface area contributed by atoms with Crippen LogP contribution in [-0.2, 0) is 9.59 Å². The normalized spacial score (nSPS) is 34.7. The number of nitrogens with zero attached hydrogens (tertiary/aromatic N) is 1. The maximum absolute atomic E-state index is 12.1. The average Bonchev–Trinajstić information content (AvgIpc) is 2.83. The summed E-state index contributed by atoms with van der Waals surface area (Å²) in [5, 5.41) is 8.67. The van der Waals surface area contributed by atoms with Gasteiger partial charge in [-0.1, -0.05) is 6.42 Å². The van der Waals surface area contributed by atoms with Crippen molar-refractivity contribution in [1.29, 1.82) is 0 Å². The van der Waals surface area contributed by atoms with Crippen LogP contribution in [0.2, 0.25) is 0 Å². The number of fused-ring (bicyclic) bond motifs is 2. The third kappa shape index (κ3) is 2.25. The highest BCUT2D eigenvalue weighted by Crippen LogP contribution is 2.49. The minimum Gasteiger partial charge on any atom is -0.481 e. The Bertz CT molecular complexity index is 362. The quantitative estimate of drug-likeness (QED) is 0.828. The Morgan fingerprint density at radius 3 is 2.44 bits per heavy atom. The van der Waals surface area contributed by atoms with Gasteiger partial charge in [-0.25, -0.2) is 0 Å². The molecule has 3 aliphatic rings. The molecule has 0 radical (unpaired) electrons. The van der Waals surface area contributed by atoms with E-state index in [1.165, 1.54) is 25.7 Å². The van der Waals surface area contributed by atoms with Crippen molar-refractivity contribution < 1.29 is 14.7 Å². The number of carboxylic acids is 1. The topological polar surface area (TPSA) is 57.6 Å². The highest BCUT2D eigenvalue weighted by atomic mass is 16.4. The Hall–Kier alpha value is -1.06. The molecule has 3 unspecified atom stereocenters. The Morgan fingerprint density at radius 2 is 1.89 bits per heavy atom. The lowest BCUT2D eigenvalue weighted by Gasteiger charge is -2.39. The summed E-state index contributed by atoms with van der Waals surface area (Å²) in [5.41, 5.74) is 0. The van der Waals surface area contributed by atoms with E-state index in [4.69, 9.17) is 5.11 Å². The van der Waals surface area contributed by atoms with Crippen molar-refractivity contribution in [3.05, 3.63) is 0 Å². The zero-order valence-electron chi connectivity index (χ0n) is 10.7. The number of hydrogen-bond donors (Lipinski definition) is 1. The van der Waals surface area contributed by atoms with Crippen LogP contribution in [0, 0.1) is 23.7 Å². The van der Waals surface area contributed by atoms with E-state index in [1.807, 2.05) is 4.90 Å². The number of aliphatic carboxylic acids is 1. The molecule has 1 heterocycles. The molecule has 18 heavy (non-hydrogen) atoms. The van der Waals surface area contributed by atoms with Crippen LogP contribution in [-0.4, -0.2) is 35.0 Å². The molecule has 0 aromatic carbocycles. The van der Waals surface area contributed by atoms with Gasteiger partial charge in [-0.3, -0.25) is 9.59 Å². The molecule has 1 N–H and O–H groups in total. The van der Waals surface area contributed by atoms with Crippen molar-refractivity contribution in [2.24, 2.45) is 23.7 Å². The molecule has 3 atom stereocenters. The smallest absolute Gasteiger partial charge is 0.303 e. The molecule has 100 valence electrons. The zero-order chi connectivity index (χ0) is 12.7. The van der Waals surface area contributed by atoms with Crippen LogP contribution >= 0.6 is 0 Å². The van der Waals surface area contributed by atoms with E-state index in [1.54, 1.807) is 0 Å². The Morgan fingerprint density at radius 1 is 1.11 bits per heavy atom. The first-order chi connectivity index (χ1) is 8.61. The summed E-state index contributed by atoms with van der Waals surface area (Å²) >= 11 is 0. The predicted molar refractivity (Wildman–Crippen MR) is 65.9 cm³/mol. The summed E-state index contributed by atoms with van der Waals surface area (Å²) < 4.78 is 0. The van der Waals surface area contributed by atoms with Crippen molar-refractivity contribution >= 4 is 11.9 Å². The minimum absolute atomic E-state index is 0.187. The standard InChI is InChI=1S/C14H21NO3/c16-13(15-7-10(8-15)5-14(17)18)6-12-4-9-1-2-11(12)3-9/h9-12H,1-8H2,(H,17,18). The van der Waals surface area contributed by atoms with Crippen molar-refractivity contribution in [1.82, 2.24) is 4.90 Å². The molecule has 3 fully saturated rings. The lowest BCUT2D eigenvalue weighted by molar-refractivity contribution is -0.145. The second-order valence-electron chi connectivity index (χ2n) is 6.40. The predicted octanol–water partition coefficient (Wildman–Crippen LogP) is 1.75. The van der Waals surface area contributed by atoms with Gasteiger partial charge >= 0.3 is 5.97 Å². The molecule has 0 spiro atoms. The van der Waals surface area contributed by atoms with Crippen molar-refractivity contribution in [3.63, 3.8) is 0 Å². The second kappa shape index (κ2) is 4.56. The van der Waals surface area contributed by atoms with E-state index in [0.29, 0.717) is 25.4 Å². The minimum atomic E-state index is -0.750. The molecule has 2 aliphatic carbocycles. The van der Waals surface area contributed by atoms with E-state index >= 15 is 0 Å². The highest BCUT2D eigenvalue weighted by molar-refractivity contribution is 5.78. The summed E-state index contributed by atoms with van der Waals surface area (Å²) in [4.78, 5) is 24.5. The third-order valence-corrected chi connectivity index (χ3v) is 5.09. The summed E-state index contributed by atoms with van der Waals surface area (Å²) in [5.74, 6) is 2.01. The van der Waals surface area contributed by atoms with Gasteiger partial charge in [-0.05, 0) is 37.0 Å². The van der Waals surface area contributed by atoms with Crippen LogP contribution in [0.1, 0.15) is 38.5 Å². The fourth-order valence-electron chi connectivity index (χ4n) is 4.13. The average molecular weight is 251 g/mol. The molecule has 4 heteroatoms. The number of hydrogen-bond acceptors (Lipinski definition) is 2. The van der Waals surface area contributed by atoms with Crippen molar-refractivity contribution in [2.45, 2.75) is 38.5 Å². The number of rotatable bonds is 4. The van der Waals surface area contributed by atoms with E-state index in [-0.39, 0.29) is 18.2 Å². The van der Waals surface area contributed by atoms with Crippen LogP contribution in [0.3, 0.4) is 0 Å². The van der Waals surface area contributed by atoms with Crippen LogP contribution in [0.5, 0.6) is 0 Å². The Kier molecular flexibility index (Phi) is 3.04. The van der Waals surface area contributed by atoms with Crippen LogP contribution in [0.25, 0.3) is 0 Å². The molecule has 3 rings (SSSR count). The molecule has 1 aliphatic heterocycles. The van der Waals surface area contributed by atoms with E-state index in [0.717, 1.165) is 11.8 Å². The number of carbonyl (C=O) groups is 2. The van der Waals surface area contributed by atoms with Crippen molar-refractivity contribution in [2.75, 3.05) is 13.1 Å². The maximum Gasteiger partial charge on any atom is 0.303 e.